The van der Waals surface area contributed by atoms with Crippen molar-refractivity contribution < 1.29 is 23.4 Å². The first-order valence-electron chi connectivity index (χ1n) is 4.73. The molecule has 1 aromatic rings. The summed E-state index contributed by atoms with van der Waals surface area (Å²) in [5.41, 5.74) is -1.65. The van der Waals surface area contributed by atoms with Gasteiger partial charge in [-0.1, -0.05) is 0 Å². The van der Waals surface area contributed by atoms with Gasteiger partial charge in [0.25, 0.3) is 6.43 Å². The Morgan fingerprint density at radius 3 is 2.71 bits per heavy atom. The maximum absolute atomic E-state index is 12.8. The van der Waals surface area contributed by atoms with Gasteiger partial charge < -0.3 is 9.84 Å². The number of nitrogens with zero attached hydrogens (tertiary/aromatic N) is 1. The van der Waals surface area contributed by atoms with Gasteiger partial charge >= 0.3 is 5.97 Å². The number of alkyl halides is 2. The van der Waals surface area contributed by atoms with Crippen LogP contribution in [-0.2, 0) is 4.74 Å². The number of carbonyl (C=O) groups is 1. The Labute approximate surface area is 96.0 Å². The number of esters is 1. The van der Waals surface area contributed by atoms with Crippen LogP contribution in [0.4, 0.5) is 8.78 Å². The lowest BCUT2D eigenvalue weighted by Gasteiger charge is -2.10. The molecule has 0 aliphatic rings. The van der Waals surface area contributed by atoms with Crippen LogP contribution in [0.3, 0.4) is 0 Å². The summed E-state index contributed by atoms with van der Waals surface area (Å²) in [5.74, 6) is -1.43. The number of hydrogen-bond acceptors (Lipinski definition) is 4. The van der Waals surface area contributed by atoms with Crippen LogP contribution in [0.25, 0.3) is 0 Å². The van der Waals surface area contributed by atoms with E-state index in [4.69, 9.17) is 5.26 Å². The largest absolute Gasteiger partial charge is 0.508 e. The van der Waals surface area contributed by atoms with Crippen molar-refractivity contribution in [1.29, 1.82) is 5.26 Å². The van der Waals surface area contributed by atoms with Crippen LogP contribution in [-0.4, -0.2) is 17.7 Å². The lowest BCUT2D eigenvalue weighted by atomic mass is 10.0. The summed E-state index contributed by atoms with van der Waals surface area (Å²) < 4.78 is 30.1. The molecule has 0 aliphatic heterocycles. The lowest BCUT2D eigenvalue weighted by molar-refractivity contribution is 0.0515. The van der Waals surface area contributed by atoms with E-state index in [9.17, 15) is 18.7 Å². The predicted octanol–water partition coefficient (Wildman–Crippen LogP) is 2.38. The Bertz CT molecular complexity index is 480. The molecule has 0 heterocycles. The average Bonchev–Trinajstić information content (AvgIpc) is 2.27. The summed E-state index contributed by atoms with van der Waals surface area (Å²) in [6.07, 6.45) is -3.00. The molecule has 1 rings (SSSR count). The van der Waals surface area contributed by atoms with Gasteiger partial charge in [0.05, 0.1) is 29.4 Å². The monoisotopic (exact) mass is 241 g/mol. The summed E-state index contributed by atoms with van der Waals surface area (Å²) in [5, 5.41) is 17.9. The topological polar surface area (TPSA) is 70.3 Å². The first-order valence-corrected chi connectivity index (χ1v) is 4.73. The number of carbonyl (C=O) groups excluding carboxylic acids is 1. The van der Waals surface area contributed by atoms with Gasteiger partial charge in [-0.2, -0.15) is 5.26 Å². The van der Waals surface area contributed by atoms with Crippen molar-refractivity contribution >= 4 is 5.97 Å². The number of phenolic OH excluding ortho intramolecular Hbond substituents is 1. The first-order chi connectivity index (χ1) is 8.01. The molecule has 0 atom stereocenters. The van der Waals surface area contributed by atoms with E-state index in [0.717, 1.165) is 12.1 Å². The molecule has 0 fully saturated rings. The van der Waals surface area contributed by atoms with Crippen molar-refractivity contribution in [2.45, 2.75) is 13.3 Å². The van der Waals surface area contributed by atoms with Crippen molar-refractivity contribution in [1.82, 2.24) is 0 Å². The van der Waals surface area contributed by atoms with Crippen molar-refractivity contribution in [3.05, 3.63) is 28.8 Å². The smallest absolute Gasteiger partial charge is 0.338 e. The van der Waals surface area contributed by atoms with Gasteiger partial charge in [0, 0.05) is 0 Å². The Kier molecular flexibility index (Phi) is 3.99. The highest BCUT2D eigenvalue weighted by Gasteiger charge is 2.24. The summed E-state index contributed by atoms with van der Waals surface area (Å²) in [6.45, 7) is 1.53. The van der Waals surface area contributed by atoms with Crippen molar-refractivity contribution in [3.8, 4) is 11.8 Å². The highest BCUT2D eigenvalue weighted by atomic mass is 19.3. The van der Waals surface area contributed by atoms with E-state index in [0.29, 0.717) is 0 Å². The molecule has 0 saturated carbocycles. The highest BCUT2D eigenvalue weighted by molar-refractivity contribution is 5.92. The summed E-state index contributed by atoms with van der Waals surface area (Å²) in [6, 6.07) is 3.25. The molecular formula is C11H9F2NO3. The third-order valence-electron chi connectivity index (χ3n) is 2.00. The third-order valence-corrected chi connectivity index (χ3v) is 2.00. The molecule has 17 heavy (non-hydrogen) atoms. The maximum atomic E-state index is 12.8. The minimum absolute atomic E-state index is 0.0130. The standard InChI is InChI=1S/C11H9F2NO3/c1-2-17-11(16)8-4-7(15)3-6(5-14)9(8)10(12)13/h3-4,10,15H,2H2,1H3. The van der Waals surface area contributed by atoms with Crippen LogP contribution >= 0.6 is 0 Å². The second-order valence-electron chi connectivity index (χ2n) is 3.09. The van der Waals surface area contributed by atoms with Crippen LogP contribution in [0, 0.1) is 11.3 Å². The quantitative estimate of drug-likeness (QED) is 0.825. The van der Waals surface area contributed by atoms with E-state index >= 15 is 0 Å². The maximum Gasteiger partial charge on any atom is 0.338 e. The van der Waals surface area contributed by atoms with Gasteiger partial charge in [0.15, 0.2) is 0 Å². The number of aromatic hydroxyl groups is 1. The first kappa shape index (κ1) is 12.9. The molecule has 6 heteroatoms. The SMILES string of the molecule is CCOC(=O)c1cc(O)cc(C#N)c1C(F)F. The molecule has 1 N–H and O–H groups in total. The zero-order valence-corrected chi connectivity index (χ0v) is 8.91. The predicted molar refractivity (Wildman–Crippen MR) is 53.7 cm³/mol. The van der Waals surface area contributed by atoms with Gasteiger partial charge in [-0.05, 0) is 19.1 Å². The van der Waals surface area contributed by atoms with Crippen LogP contribution in [0.15, 0.2) is 12.1 Å². The Hall–Kier alpha value is -2.16. The van der Waals surface area contributed by atoms with Gasteiger partial charge in [-0.25, -0.2) is 13.6 Å². The van der Waals surface area contributed by atoms with E-state index in [1.54, 1.807) is 0 Å². The van der Waals surface area contributed by atoms with Crippen LogP contribution < -0.4 is 0 Å². The number of hydrogen-bond donors (Lipinski definition) is 1. The third kappa shape index (κ3) is 2.69. The van der Waals surface area contributed by atoms with Crippen LogP contribution in [0.1, 0.15) is 34.8 Å². The fourth-order valence-electron chi connectivity index (χ4n) is 1.34. The molecule has 0 aromatic heterocycles. The summed E-state index contributed by atoms with van der Waals surface area (Å²) >= 11 is 0. The molecule has 0 saturated heterocycles. The molecule has 0 radical (unpaired) electrons. The number of rotatable bonds is 3. The molecule has 1 aromatic carbocycles. The summed E-state index contributed by atoms with van der Waals surface area (Å²) in [4.78, 5) is 11.4. The minimum Gasteiger partial charge on any atom is -0.508 e. The van der Waals surface area contributed by atoms with E-state index in [1.165, 1.54) is 13.0 Å². The fraction of sp³-hybridized carbons (Fsp3) is 0.273. The Balaban J connectivity index is 3.42. The minimum atomic E-state index is -3.00. The molecule has 0 aliphatic carbocycles. The highest BCUT2D eigenvalue weighted by Crippen LogP contribution is 2.30. The Morgan fingerprint density at radius 1 is 1.59 bits per heavy atom. The number of benzene rings is 1. The number of phenols is 1. The number of halogens is 2. The lowest BCUT2D eigenvalue weighted by Crippen LogP contribution is -2.10. The van der Waals surface area contributed by atoms with E-state index in [2.05, 4.69) is 4.74 Å². The molecule has 0 bridgehead atoms. The second-order valence-corrected chi connectivity index (χ2v) is 3.09. The number of nitriles is 1. The molecule has 4 nitrogen and oxygen atoms in total. The molecule has 0 amide bonds. The molecule has 0 spiro atoms. The zero-order chi connectivity index (χ0) is 13.0. The zero-order valence-electron chi connectivity index (χ0n) is 8.91. The van der Waals surface area contributed by atoms with E-state index < -0.39 is 34.8 Å². The van der Waals surface area contributed by atoms with Crippen molar-refractivity contribution in [2.24, 2.45) is 0 Å². The Morgan fingerprint density at radius 2 is 2.24 bits per heavy atom. The molecular weight excluding hydrogens is 232 g/mol. The van der Waals surface area contributed by atoms with E-state index in [-0.39, 0.29) is 6.61 Å². The van der Waals surface area contributed by atoms with Crippen LogP contribution in [0.2, 0.25) is 0 Å². The fourth-order valence-corrected chi connectivity index (χ4v) is 1.34. The average molecular weight is 241 g/mol. The van der Waals surface area contributed by atoms with Crippen molar-refractivity contribution in [2.75, 3.05) is 6.61 Å². The van der Waals surface area contributed by atoms with Crippen molar-refractivity contribution in [3.63, 3.8) is 0 Å². The second kappa shape index (κ2) is 5.25. The van der Waals surface area contributed by atoms with Gasteiger partial charge in [0.2, 0.25) is 0 Å². The normalized spacial score (nSPS) is 10.1. The molecule has 0 unspecified atom stereocenters. The van der Waals surface area contributed by atoms with Gasteiger partial charge in [-0.15, -0.1) is 0 Å². The van der Waals surface area contributed by atoms with Gasteiger partial charge in [-0.3, -0.25) is 0 Å². The molecule has 90 valence electrons. The van der Waals surface area contributed by atoms with Gasteiger partial charge in [0.1, 0.15) is 5.75 Å². The number of ether oxygens (including phenoxy) is 1. The van der Waals surface area contributed by atoms with Crippen LogP contribution in [0.5, 0.6) is 5.75 Å². The summed E-state index contributed by atoms with van der Waals surface area (Å²) in [7, 11) is 0. The van der Waals surface area contributed by atoms with E-state index in [1.807, 2.05) is 0 Å².